The van der Waals surface area contributed by atoms with Crippen LogP contribution in [0.5, 0.6) is 0 Å². The van der Waals surface area contributed by atoms with Crippen molar-refractivity contribution in [2.45, 2.75) is 30.3 Å². The molecule has 10 heteroatoms. The van der Waals surface area contributed by atoms with Crippen molar-refractivity contribution in [2.24, 2.45) is 0 Å². The first-order valence-electron chi connectivity index (χ1n) is 8.37. The van der Waals surface area contributed by atoms with E-state index in [9.17, 15) is 14.3 Å². The van der Waals surface area contributed by atoms with Crippen LogP contribution < -0.4 is 0 Å². The molecule has 1 saturated heterocycles. The Hall–Kier alpha value is -1.78. The fraction of sp³-hybridized carbons (Fsp3) is 0.412. The summed E-state index contributed by atoms with van der Waals surface area (Å²) in [5, 5.41) is 25.5. The molecule has 0 bridgehead atoms. The van der Waals surface area contributed by atoms with Crippen molar-refractivity contribution < 1.29 is 18.9 Å². The molecule has 0 unspecified atom stereocenters. The van der Waals surface area contributed by atoms with Gasteiger partial charge in [-0.3, -0.25) is 4.79 Å². The first-order valence-corrected chi connectivity index (χ1v) is 10.1. The van der Waals surface area contributed by atoms with Crippen LogP contribution in [0.1, 0.15) is 24.1 Å². The molecule has 1 fully saturated rings. The van der Waals surface area contributed by atoms with Gasteiger partial charge >= 0.3 is 0 Å². The zero-order chi connectivity index (χ0) is 19.4. The molecule has 3 rings (SSSR count). The maximum absolute atomic E-state index is 13.3. The molecule has 27 heavy (non-hydrogen) atoms. The van der Waals surface area contributed by atoms with E-state index in [0.717, 1.165) is 30.2 Å². The van der Waals surface area contributed by atoms with E-state index in [2.05, 4.69) is 26.2 Å². The van der Waals surface area contributed by atoms with Gasteiger partial charge in [0.05, 0.1) is 28.6 Å². The molecule has 0 radical (unpaired) electrons. The molecule has 0 aliphatic carbocycles. The lowest BCUT2D eigenvalue weighted by molar-refractivity contribution is -0.129. The number of halogens is 2. The Bertz CT molecular complexity index is 847. The molecular weight excluding hydrogens is 439 g/mol. The van der Waals surface area contributed by atoms with Gasteiger partial charge in [-0.1, -0.05) is 17.8 Å². The Labute approximate surface area is 167 Å². The number of aliphatic hydroxyl groups is 1. The van der Waals surface area contributed by atoms with E-state index in [4.69, 9.17) is 10.0 Å². The third kappa shape index (κ3) is 4.74. The van der Waals surface area contributed by atoms with Crippen molar-refractivity contribution in [1.82, 2.24) is 15.2 Å². The number of nitrogens with zero attached hydrogens (tertiary/aromatic N) is 3. The Morgan fingerprint density at radius 3 is 3.04 bits per heavy atom. The van der Waals surface area contributed by atoms with Crippen molar-refractivity contribution in [2.75, 3.05) is 18.9 Å². The summed E-state index contributed by atoms with van der Waals surface area (Å²) in [5.41, 5.74) is 1.18. The number of nitrogens with one attached hydrogen (secondary N) is 1. The molecule has 2 N–H and O–H groups in total. The van der Waals surface area contributed by atoms with Gasteiger partial charge in [0.25, 0.3) is 0 Å². The molecule has 1 aromatic heterocycles. The molecule has 1 amide bonds. The Morgan fingerprint density at radius 2 is 2.30 bits per heavy atom. The van der Waals surface area contributed by atoms with Gasteiger partial charge < -0.3 is 15.4 Å². The highest BCUT2D eigenvalue weighted by Gasteiger charge is 2.28. The molecule has 0 spiro atoms. The van der Waals surface area contributed by atoms with E-state index >= 15 is 0 Å². The lowest BCUT2D eigenvalue weighted by Gasteiger charge is -2.22. The zero-order valence-corrected chi connectivity index (χ0v) is 16.7. The monoisotopic (exact) mass is 456 g/mol. The molecule has 1 atom stereocenters. The fourth-order valence-electron chi connectivity index (χ4n) is 2.96. The van der Waals surface area contributed by atoms with Crippen LogP contribution in [0.2, 0.25) is 0 Å². The van der Waals surface area contributed by atoms with E-state index in [1.54, 1.807) is 17.0 Å². The third-order valence-electron chi connectivity index (χ3n) is 4.35. The second-order valence-corrected chi connectivity index (χ2v) is 7.99. The molecule has 1 aliphatic heterocycles. The second-order valence-electron chi connectivity index (χ2n) is 6.18. The third-order valence-corrected chi connectivity index (χ3v) is 5.89. The second kappa shape index (κ2) is 8.94. The summed E-state index contributed by atoms with van der Waals surface area (Å²) in [6, 6.07) is 4.41. The highest BCUT2D eigenvalue weighted by atomic mass is 79.9. The van der Waals surface area contributed by atoms with Crippen LogP contribution >= 0.6 is 27.7 Å². The summed E-state index contributed by atoms with van der Waals surface area (Å²) in [7, 11) is 0. The molecule has 1 aliphatic rings. The molecule has 2 aromatic rings. The van der Waals surface area contributed by atoms with E-state index in [1.807, 2.05) is 0 Å². The molecule has 0 saturated carbocycles. The smallest absolute Gasteiger partial charge is 0.233 e. The van der Waals surface area contributed by atoms with Crippen molar-refractivity contribution >= 4 is 39.3 Å². The summed E-state index contributed by atoms with van der Waals surface area (Å²) in [6.07, 6.45) is 1.92. The minimum absolute atomic E-state index is 0.0367. The van der Waals surface area contributed by atoms with Gasteiger partial charge in [-0.15, -0.1) is 0 Å². The van der Waals surface area contributed by atoms with Gasteiger partial charge in [0.15, 0.2) is 10.7 Å². The lowest BCUT2D eigenvalue weighted by atomic mass is 10.1. The maximum atomic E-state index is 13.3. The van der Waals surface area contributed by atoms with Crippen molar-refractivity contribution in [1.29, 1.82) is 5.41 Å². The highest BCUT2D eigenvalue weighted by molar-refractivity contribution is 9.10. The summed E-state index contributed by atoms with van der Waals surface area (Å²) in [5.74, 6) is -0.321. The number of carbonyl (C=O) groups excluding carboxylic acids is 1. The van der Waals surface area contributed by atoms with E-state index in [1.165, 1.54) is 6.07 Å². The van der Waals surface area contributed by atoms with E-state index in [-0.39, 0.29) is 48.0 Å². The van der Waals surface area contributed by atoms with Crippen LogP contribution in [0.15, 0.2) is 32.3 Å². The van der Waals surface area contributed by atoms with Gasteiger partial charge in [-0.2, -0.15) is 0 Å². The zero-order valence-electron chi connectivity index (χ0n) is 14.3. The van der Waals surface area contributed by atoms with Crippen LogP contribution in [0.25, 0.3) is 0 Å². The average Bonchev–Trinajstić information content (AvgIpc) is 3.31. The first-order chi connectivity index (χ1) is 13.0. The summed E-state index contributed by atoms with van der Waals surface area (Å²) < 4.78 is 18.4. The number of amides is 1. The summed E-state index contributed by atoms with van der Waals surface area (Å²) >= 11 is 4.28. The molecule has 144 valence electrons. The van der Waals surface area contributed by atoms with Crippen LogP contribution in [-0.4, -0.2) is 56.9 Å². The van der Waals surface area contributed by atoms with E-state index < -0.39 is 0 Å². The number of rotatable bonds is 7. The van der Waals surface area contributed by atoms with E-state index in [0.29, 0.717) is 16.0 Å². The number of hydrogen-bond acceptors (Lipinski definition) is 7. The summed E-state index contributed by atoms with van der Waals surface area (Å²) in [6.45, 7) is 0.606. The molecule has 7 nitrogen and oxygen atoms in total. The van der Waals surface area contributed by atoms with Crippen molar-refractivity contribution in [3.8, 4) is 0 Å². The van der Waals surface area contributed by atoms with Crippen LogP contribution in [0, 0.1) is 11.2 Å². The Morgan fingerprint density at radius 1 is 1.48 bits per heavy atom. The number of likely N-dealkylation sites (tertiary alicyclic amines) is 1. The maximum Gasteiger partial charge on any atom is 0.233 e. The van der Waals surface area contributed by atoms with Crippen molar-refractivity contribution in [3.63, 3.8) is 0 Å². The Kier molecular flexibility index (Phi) is 6.61. The largest absolute Gasteiger partial charge is 0.394 e. The number of benzene rings is 1. The molecular formula is C17H18BrFN4O3S. The normalized spacial score (nSPS) is 16.7. The van der Waals surface area contributed by atoms with Crippen molar-refractivity contribution in [3.05, 3.63) is 39.7 Å². The lowest BCUT2D eigenvalue weighted by Crippen LogP contribution is -2.38. The summed E-state index contributed by atoms with van der Waals surface area (Å²) in [4.78, 5) is 14.1. The quantitative estimate of drug-likeness (QED) is 0.490. The fourth-order valence-corrected chi connectivity index (χ4v) is 4.20. The number of thioether (sulfide) groups is 1. The molecule has 2 heterocycles. The SMILES string of the molecule is N=C(Cc1ccc(F)c(Br)c1)c1nonc1SCC(=O)N1CCC[C@H]1CO. The minimum Gasteiger partial charge on any atom is -0.394 e. The standard InChI is InChI=1S/C17H18BrFN4O3S/c18-12-6-10(3-4-13(12)19)7-14(20)16-17(22-26-21-16)27-9-15(25)23-5-1-2-11(23)8-24/h3-4,6,11,20,24H,1-2,5,7-9H2/t11-/m0/s1. The Balaban J connectivity index is 1.62. The molecule has 1 aromatic carbocycles. The van der Waals surface area contributed by atoms with Gasteiger partial charge in [0, 0.05) is 13.0 Å². The number of aliphatic hydroxyl groups excluding tert-OH is 1. The van der Waals surface area contributed by atoms with Gasteiger partial charge in [-0.05, 0) is 56.8 Å². The topological polar surface area (TPSA) is 103 Å². The highest BCUT2D eigenvalue weighted by Crippen LogP contribution is 2.24. The predicted molar refractivity (Wildman–Crippen MR) is 101 cm³/mol. The number of hydrogen-bond donors (Lipinski definition) is 2. The van der Waals surface area contributed by atoms with Crippen LogP contribution in [0.4, 0.5) is 4.39 Å². The van der Waals surface area contributed by atoms with Crippen LogP contribution in [0.3, 0.4) is 0 Å². The first kappa shape index (κ1) is 20.0. The van der Waals surface area contributed by atoms with Gasteiger partial charge in [0.2, 0.25) is 5.91 Å². The minimum atomic E-state index is -0.369. The van der Waals surface area contributed by atoms with Gasteiger partial charge in [0.1, 0.15) is 5.82 Å². The van der Waals surface area contributed by atoms with Crippen LogP contribution in [-0.2, 0) is 11.2 Å². The van der Waals surface area contributed by atoms with Gasteiger partial charge in [-0.25, -0.2) is 9.02 Å². The number of aromatic nitrogens is 2. The number of carbonyl (C=O) groups is 1. The average molecular weight is 457 g/mol. The predicted octanol–water partition coefficient (Wildman–Crippen LogP) is 2.66.